The number of aromatic nitrogens is 2. The molecule has 0 radical (unpaired) electrons. The lowest BCUT2D eigenvalue weighted by molar-refractivity contribution is -0.137. The Hall–Kier alpha value is -2.80. The lowest BCUT2D eigenvalue weighted by atomic mass is 10.2. The Morgan fingerprint density at radius 3 is 2.64 bits per heavy atom. The van der Waals surface area contributed by atoms with Gasteiger partial charge in [0.25, 0.3) is 5.56 Å². The van der Waals surface area contributed by atoms with Crippen molar-refractivity contribution in [1.82, 2.24) is 9.78 Å². The van der Waals surface area contributed by atoms with Crippen molar-refractivity contribution in [2.75, 3.05) is 19.5 Å². The summed E-state index contributed by atoms with van der Waals surface area (Å²) >= 11 is 6.01. The number of nitrogen functional groups attached to an aromatic ring is 1. The number of anilines is 1. The maximum atomic E-state index is 12.3. The SMILES string of the molecule is CCOC(=O)/C=C\c1nn(Cc2ccc(OC)cc2)c(=O)c(Cl)c1N. The van der Waals surface area contributed by atoms with Crippen LogP contribution in [0.3, 0.4) is 0 Å². The van der Waals surface area contributed by atoms with Crippen LogP contribution in [0, 0.1) is 0 Å². The number of esters is 1. The van der Waals surface area contributed by atoms with Crippen LogP contribution < -0.4 is 16.0 Å². The van der Waals surface area contributed by atoms with E-state index in [1.165, 1.54) is 16.8 Å². The Morgan fingerprint density at radius 1 is 1.36 bits per heavy atom. The normalized spacial score (nSPS) is 10.8. The molecule has 7 nitrogen and oxygen atoms in total. The lowest BCUT2D eigenvalue weighted by Gasteiger charge is -2.10. The Labute approximate surface area is 149 Å². The van der Waals surface area contributed by atoms with Crippen LogP contribution in [0.1, 0.15) is 18.2 Å². The fourth-order valence-corrected chi connectivity index (χ4v) is 2.24. The van der Waals surface area contributed by atoms with E-state index >= 15 is 0 Å². The van der Waals surface area contributed by atoms with Gasteiger partial charge >= 0.3 is 5.97 Å². The summed E-state index contributed by atoms with van der Waals surface area (Å²) in [6, 6.07) is 7.18. The smallest absolute Gasteiger partial charge is 0.330 e. The quantitative estimate of drug-likeness (QED) is 0.623. The van der Waals surface area contributed by atoms with Crippen molar-refractivity contribution in [2.24, 2.45) is 0 Å². The highest BCUT2D eigenvalue weighted by Gasteiger charge is 2.12. The van der Waals surface area contributed by atoms with Gasteiger partial charge in [0.05, 0.1) is 25.9 Å². The third kappa shape index (κ3) is 4.60. The number of nitrogens with zero attached hydrogens (tertiary/aromatic N) is 2. The van der Waals surface area contributed by atoms with Gasteiger partial charge in [-0.2, -0.15) is 5.10 Å². The number of carbonyl (C=O) groups excluding carboxylic acids is 1. The first-order valence-corrected chi connectivity index (χ1v) is 7.88. The molecule has 2 aromatic rings. The van der Waals surface area contributed by atoms with Crippen LogP contribution >= 0.6 is 11.6 Å². The van der Waals surface area contributed by atoms with Crippen molar-refractivity contribution in [3.05, 3.63) is 57.0 Å². The molecule has 0 saturated carbocycles. The molecule has 0 amide bonds. The standard InChI is InChI=1S/C17H18ClN3O4/c1-3-25-14(22)9-8-13-16(19)15(18)17(23)21(20-13)10-11-4-6-12(24-2)7-5-11/h4-9H,3,10,19H2,1-2H3/b9-8-. The highest BCUT2D eigenvalue weighted by molar-refractivity contribution is 6.33. The predicted molar refractivity (Wildman–Crippen MR) is 95.7 cm³/mol. The molecule has 1 aromatic carbocycles. The zero-order valence-electron chi connectivity index (χ0n) is 13.9. The summed E-state index contributed by atoms with van der Waals surface area (Å²) < 4.78 is 11.1. The fourth-order valence-electron chi connectivity index (χ4n) is 2.04. The zero-order chi connectivity index (χ0) is 18.4. The number of nitrogens with two attached hydrogens (primary N) is 1. The van der Waals surface area contributed by atoms with Gasteiger partial charge in [0, 0.05) is 6.08 Å². The van der Waals surface area contributed by atoms with Crippen LogP contribution in [0.4, 0.5) is 5.69 Å². The molecule has 0 fully saturated rings. The molecule has 0 aliphatic carbocycles. The van der Waals surface area contributed by atoms with Crippen LogP contribution in [0.25, 0.3) is 6.08 Å². The molecule has 0 spiro atoms. The third-order valence-electron chi connectivity index (χ3n) is 3.32. The van der Waals surface area contributed by atoms with Crippen molar-refractivity contribution in [2.45, 2.75) is 13.5 Å². The van der Waals surface area contributed by atoms with E-state index in [0.717, 1.165) is 5.56 Å². The molecular formula is C17H18ClN3O4. The van der Waals surface area contributed by atoms with Gasteiger partial charge in [0.15, 0.2) is 0 Å². The van der Waals surface area contributed by atoms with Crippen molar-refractivity contribution in [3.8, 4) is 5.75 Å². The summed E-state index contributed by atoms with van der Waals surface area (Å²) in [4.78, 5) is 23.7. The topological polar surface area (TPSA) is 96.4 Å². The molecule has 0 saturated heterocycles. The second kappa shape index (κ2) is 8.34. The van der Waals surface area contributed by atoms with Gasteiger partial charge in [0.2, 0.25) is 0 Å². The summed E-state index contributed by atoms with van der Waals surface area (Å²) in [7, 11) is 1.57. The molecule has 25 heavy (non-hydrogen) atoms. The van der Waals surface area contributed by atoms with Gasteiger partial charge in [-0.25, -0.2) is 9.48 Å². The van der Waals surface area contributed by atoms with Gasteiger partial charge in [-0.05, 0) is 30.7 Å². The Morgan fingerprint density at radius 2 is 2.04 bits per heavy atom. The number of carbonyl (C=O) groups is 1. The van der Waals surface area contributed by atoms with Gasteiger partial charge in [-0.15, -0.1) is 0 Å². The Balaban J connectivity index is 2.34. The van der Waals surface area contributed by atoms with E-state index in [4.69, 9.17) is 26.8 Å². The summed E-state index contributed by atoms with van der Waals surface area (Å²) in [5, 5.41) is 4.03. The number of hydrogen-bond donors (Lipinski definition) is 1. The third-order valence-corrected chi connectivity index (χ3v) is 3.68. The molecule has 8 heteroatoms. The maximum absolute atomic E-state index is 12.3. The Kier molecular flexibility index (Phi) is 6.19. The molecule has 132 valence electrons. The van der Waals surface area contributed by atoms with Crippen LogP contribution in [0.15, 0.2) is 35.1 Å². The second-order valence-electron chi connectivity index (χ2n) is 5.01. The van der Waals surface area contributed by atoms with Crippen molar-refractivity contribution in [1.29, 1.82) is 0 Å². The molecule has 0 unspecified atom stereocenters. The number of hydrogen-bond acceptors (Lipinski definition) is 6. The van der Waals surface area contributed by atoms with E-state index in [1.807, 2.05) is 12.1 Å². The summed E-state index contributed by atoms with van der Waals surface area (Å²) in [5.74, 6) is 0.171. The van der Waals surface area contributed by atoms with E-state index in [1.54, 1.807) is 26.2 Å². The molecule has 0 atom stereocenters. The number of rotatable bonds is 6. The minimum atomic E-state index is -0.535. The van der Waals surface area contributed by atoms with Crippen LogP contribution in [0.2, 0.25) is 5.02 Å². The van der Waals surface area contributed by atoms with Crippen LogP contribution in [-0.4, -0.2) is 29.5 Å². The van der Waals surface area contributed by atoms with E-state index in [0.29, 0.717) is 5.75 Å². The van der Waals surface area contributed by atoms with E-state index < -0.39 is 11.5 Å². The number of ether oxygens (including phenoxy) is 2. The molecule has 0 aliphatic rings. The molecule has 1 heterocycles. The van der Waals surface area contributed by atoms with Crippen LogP contribution in [-0.2, 0) is 16.1 Å². The molecule has 1 aromatic heterocycles. The highest BCUT2D eigenvalue weighted by Crippen LogP contribution is 2.19. The van der Waals surface area contributed by atoms with E-state index in [2.05, 4.69) is 5.10 Å². The van der Waals surface area contributed by atoms with Gasteiger partial charge in [0.1, 0.15) is 16.5 Å². The summed E-state index contributed by atoms with van der Waals surface area (Å²) in [5.41, 5.74) is 6.36. The average molecular weight is 364 g/mol. The first-order chi connectivity index (χ1) is 12.0. The fraction of sp³-hybridized carbons (Fsp3) is 0.235. The molecule has 2 rings (SSSR count). The highest BCUT2D eigenvalue weighted by atomic mass is 35.5. The molecular weight excluding hydrogens is 346 g/mol. The Bertz CT molecular complexity index is 844. The minimum Gasteiger partial charge on any atom is -0.497 e. The van der Waals surface area contributed by atoms with Gasteiger partial charge in [-0.1, -0.05) is 23.7 Å². The number of benzene rings is 1. The molecule has 2 N–H and O–H groups in total. The predicted octanol–water partition coefficient (Wildman–Crippen LogP) is 2.11. The lowest BCUT2D eigenvalue weighted by Crippen LogP contribution is -2.26. The van der Waals surface area contributed by atoms with Gasteiger partial charge in [-0.3, -0.25) is 4.79 Å². The minimum absolute atomic E-state index is 0.0122. The zero-order valence-corrected chi connectivity index (χ0v) is 14.6. The van der Waals surface area contributed by atoms with Crippen molar-refractivity contribution < 1.29 is 14.3 Å². The maximum Gasteiger partial charge on any atom is 0.330 e. The molecule has 0 aliphatic heterocycles. The van der Waals surface area contributed by atoms with Gasteiger partial charge < -0.3 is 15.2 Å². The summed E-state index contributed by atoms with van der Waals surface area (Å²) in [6.45, 7) is 2.15. The second-order valence-corrected chi connectivity index (χ2v) is 5.39. The molecule has 0 bridgehead atoms. The van der Waals surface area contributed by atoms with Crippen molar-refractivity contribution >= 4 is 29.3 Å². The largest absolute Gasteiger partial charge is 0.497 e. The van der Waals surface area contributed by atoms with Crippen molar-refractivity contribution in [3.63, 3.8) is 0 Å². The van der Waals surface area contributed by atoms with E-state index in [9.17, 15) is 9.59 Å². The van der Waals surface area contributed by atoms with Crippen LogP contribution in [0.5, 0.6) is 5.75 Å². The summed E-state index contributed by atoms with van der Waals surface area (Å²) in [6.07, 6.45) is 2.55. The number of methoxy groups -OCH3 is 1. The average Bonchev–Trinajstić information content (AvgIpc) is 2.62. The first kappa shape index (κ1) is 18.5. The van der Waals surface area contributed by atoms with E-state index in [-0.39, 0.29) is 29.6 Å². The first-order valence-electron chi connectivity index (χ1n) is 7.50. The monoisotopic (exact) mass is 363 g/mol. The number of halogens is 1.